The second-order valence-corrected chi connectivity index (χ2v) is 9.20. The first kappa shape index (κ1) is 17.3. The second kappa shape index (κ2) is 9.24. The minimum Gasteiger partial charge on any atom is -0.313 e. The molecule has 0 aromatic carbocycles. The topological polar surface area (TPSA) is 46.2 Å². The molecule has 0 spiro atoms. The molecule has 0 aromatic rings. The van der Waals surface area contributed by atoms with Crippen molar-refractivity contribution in [2.75, 3.05) is 24.3 Å². The molecule has 0 bridgehead atoms. The van der Waals surface area contributed by atoms with Crippen LogP contribution in [0.1, 0.15) is 51.9 Å². The molecule has 2 unspecified atom stereocenters. The molecule has 1 aliphatic rings. The minimum atomic E-state index is -2.82. The van der Waals surface area contributed by atoms with Crippen molar-refractivity contribution >= 4 is 21.6 Å². The van der Waals surface area contributed by atoms with Crippen LogP contribution in [0.5, 0.6) is 0 Å². The molecule has 0 heterocycles. The Kier molecular flexibility index (Phi) is 8.42. The molecule has 2 atom stereocenters. The Morgan fingerprint density at radius 3 is 2.47 bits per heavy atom. The molecule has 114 valence electrons. The molecule has 1 N–H and O–H groups in total. The smallest absolute Gasteiger partial charge is 0.148 e. The molecule has 1 rings (SSSR count). The normalized spacial score (nSPS) is 25.8. The van der Waals surface area contributed by atoms with Crippen LogP contribution in [0.2, 0.25) is 0 Å². The van der Waals surface area contributed by atoms with Gasteiger partial charge >= 0.3 is 0 Å². The average molecular weight is 308 g/mol. The molecule has 1 saturated carbocycles. The summed E-state index contributed by atoms with van der Waals surface area (Å²) in [4.78, 5) is 0. The number of rotatable bonds is 7. The standard InChI is InChI=1S/C14H29NO2S2/c1-3-10-15-13-8-6-4-5-7-9-14(13)18-11-12-19(2,16)17/h13-15H,3-12H2,1-2H3. The van der Waals surface area contributed by atoms with Gasteiger partial charge in [0.2, 0.25) is 0 Å². The van der Waals surface area contributed by atoms with E-state index in [-0.39, 0.29) is 0 Å². The van der Waals surface area contributed by atoms with Crippen LogP contribution in [0.3, 0.4) is 0 Å². The van der Waals surface area contributed by atoms with Crippen molar-refractivity contribution < 1.29 is 8.42 Å². The van der Waals surface area contributed by atoms with E-state index in [1.807, 2.05) is 11.8 Å². The zero-order valence-electron chi connectivity index (χ0n) is 12.4. The van der Waals surface area contributed by atoms with Crippen molar-refractivity contribution in [2.45, 2.75) is 63.2 Å². The lowest BCUT2D eigenvalue weighted by molar-refractivity contribution is 0.400. The fourth-order valence-corrected chi connectivity index (χ4v) is 5.26. The van der Waals surface area contributed by atoms with Crippen LogP contribution >= 0.6 is 11.8 Å². The van der Waals surface area contributed by atoms with Gasteiger partial charge in [0.15, 0.2) is 0 Å². The Balaban J connectivity index is 2.45. The first-order chi connectivity index (χ1) is 9.03. The summed E-state index contributed by atoms with van der Waals surface area (Å²) in [5.41, 5.74) is 0. The van der Waals surface area contributed by atoms with Crippen molar-refractivity contribution in [3.8, 4) is 0 Å². The zero-order chi connectivity index (χ0) is 14.1. The van der Waals surface area contributed by atoms with E-state index in [9.17, 15) is 8.42 Å². The van der Waals surface area contributed by atoms with Crippen LogP contribution in [0, 0.1) is 0 Å². The van der Waals surface area contributed by atoms with Gasteiger partial charge in [0.25, 0.3) is 0 Å². The van der Waals surface area contributed by atoms with Gasteiger partial charge < -0.3 is 5.32 Å². The van der Waals surface area contributed by atoms with Crippen LogP contribution in [-0.2, 0) is 9.84 Å². The van der Waals surface area contributed by atoms with E-state index in [2.05, 4.69) is 12.2 Å². The monoisotopic (exact) mass is 307 g/mol. The summed E-state index contributed by atoms with van der Waals surface area (Å²) in [5.74, 6) is 1.06. The Labute approximate surface area is 123 Å². The van der Waals surface area contributed by atoms with Crippen molar-refractivity contribution in [2.24, 2.45) is 0 Å². The van der Waals surface area contributed by atoms with Gasteiger partial charge in [0, 0.05) is 23.3 Å². The van der Waals surface area contributed by atoms with Crippen molar-refractivity contribution in [1.82, 2.24) is 5.32 Å². The summed E-state index contributed by atoms with van der Waals surface area (Å²) in [6.07, 6.45) is 10.3. The number of hydrogen-bond donors (Lipinski definition) is 1. The van der Waals surface area contributed by atoms with Gasteiger partial charge in [0.1, 0.15) is 9.84 Å². The molecule has 3 nitrogen and oxygen atoms in total. The summed E-state index contributed by atoms with van der Waals surface area (Å²) in [5, 5.41) is 4.26. The van der Waals surface area contributed by atoms with Crippen LogP contribution in [-0.4, -0.2) is 44.0 Å². The third-order valence-electron chi connectivity index (χ3n) is 3.65. The van der Waals surface area contributed by atoms with Crippen LogP contribution < -0.4 is 5.32 Å². The highest BCUT2D eigenvalue weighted by Gasteiger charge is 2.22. The predicted molar refractivity (Wildman–Crippen MR) is 85.7 cm³/mol. The van der Waals surface area contributed by atoms with Crippen molar-refractivity contribution in [1.29, 1.82) is 0 Å². The fourth-order valence-electron chi connectivity index (χ4n) is 2.56. The third-order valence-corrected chi connectivity index (χ3v) is 6.28. The second-order valence-electron chi connectivity index (χ2n) is 5.59. The number of thioether (sulfide) groups is 1. The van der Waals surface area contributed by atoms with Crippen LogP contribution in [0.4, 0.5) is 0 Å². The summed E-state index contributed by atoms with van der Waals surface area (Å²) in [7, 11) is -2.82. The molecule has 1 fully saturated rings. The Hall–Kier alpha value is 0.260. The lowest BCUT2D eigenvalue weighted by atomic mass is 9.96. The van der Waals surface area contributed by atoms with Crippen molar-refractivity contribution in [3.63, 3.8) is 0 Å². The maximum Gasteiger partial charge on any atom is 0.148 e. The third kappa shape index (κ3) is 8.20. The maximum absolute atomic E-state index is 11.2. The number of sulfone groups is 1. The van der Waals surface area contributed by atoms with Gasteiger partial charge in [-0.1, -0.05) is 32.6 Å². The fraction of sp³-hybridized carbons (Fsp3) is 1.00. The lowest BCUT2D eigenvalue weighted by Gasteiger charge is -2.30. The van der Waals surface area contributed by atoms with E-state index < -0.39 is 9.84 Å². The summed E-state index contributed by atoms with van der Waals surface area (Å²) < 4.78 is 22.4. The van der Waals surface area contributed by atoms with Crippen LogP contribution in [0.25, 0.3) is 0 Å². The molecular formula is C14H29NO2S2. The van der Waals surface area contributed by atoms with Gasteiger partial charge in [-0.3, -0.25) is 0 Å². The molecule has 0 radical (unpaired) electrons. The predicted octanol–water partition coefficient (Wildman–Crippen LogP) is 2.86. The molecule has 5 heteroatoms. The van der Waals surface area contributed by atoms with E-state index >= 15 is 0 Å². The zero-order valence-corrected chi connectivity index (χ0v) is 14.0. The molecule has 0 amide bonds. The molecule has 0 aliphatic heterocycles. The first-order valence-electron chi connectivity index (χ1n) is 7.55. The molecule has 0 saturated heterocycles. The van der Waals surface area contributed by atoms with Gasteiger partial charge in [0.05, 0.1) is 5.75 Å². The van der Waals surface area contributed by atoms with E-state index in [0.29, 0.717) is 17.0 Å². The number of nitrogens with one attached hydrogen (secondary N) is 1. The maximum atomic E-state index is 11.2. The van der Waals surface area contributed by atoms with E-state index in [1.54, 1.807) is 0 Å². The average Bonchev–Trinajstić information content (AvgIpc) is 2.30. The van der Waals surface area contributed by atoms with Crippen LogP contribution in [0.15, 0.2) is 0 Å². The first-order valence-corrected chi connectivity index (χ1v) is 10.7. The highest BCUT2D eigenvalue weighted by Crippen LogP contribution is 2.27. The quantitative estimate of drug-likeness (QED) is 0.785. The summed E-state index contributed by atoms with van der Waals surface area (Å²) in [6, 6.07) is 0.574. The molecular weight excluding hydrogens is 278 g/mol. The van der Waals surface area contributed by atoms with Gasteiger partial charge in [-0.15, -0.1) is 0 Å². The summed E-state index contributed by atoms with van der Waals surface area (Å²) in [6.45, 7) is 3.27. The van der Waals surface area contributed by atoms with Crippen molar-refractivity contribution in [3.05, 3.63) is 0 Å². The Morgan fingerprint density at radius 1 is 1.16 bits per heavy atom. The molecule has 0 aromatic heterocycles. The Morgan fingerprint density at radius 2 is 1.84 bits per heavy atom. The lowest BCUT2D eigenvalue weighted by Crippen LogP contribution is -2.39. The largest absolute Gasteiger partial charge is 0.313 e. The summed E-state index contributed by atoms with van der Waals surface area (Å²) >= 11 is 1.86. The van der Waals surface area contributed by atoms with Gasteiger partial charge in [-0.25, -0.2) is 8.42 Å². The van der Waals surface area contributed by atoms with E-state index in [4.69, 9.17) is 0 Å². The van der Waals surface area contributed by atoms with E-state index in [0.717, 1.165) is 18.7 Å². The Bertz CT molecular complexity index is 328. The SMILES string of the molecule is CCCNC1CCCCCCC1SCCS(C)(=O)=O. The molecule has 19 heavy (non-hydrogen) atoms. The highest BCUT2D eigenvalue weighted by molar-refractivity contribution is 8.01. The van der Waals surface area contributed by atoms with Gasteiger partial charge in [-0.2, -0.15) is 11.8 Å². The van der Waals surface area contributed by atoms with E-state index in [1.165, 1.54) is 44.8 Å². The highest BCUT2D eigenvalue weighted by atomic mass is 32.2. The van der Waals surface area contributed by atoms with Gasteiger partial charge in [-0.05, 0) is 25.8 Å². The molecule has 1 aliphatic carbocycles. The number of hydrogen-bond acceptors (Lipinski definition) is 4. The minimum absolute atomic E-state index is 0.314.